The number of alkyl carbamates (subject to hydrolysis) is 2. The number of aryl methyl sites for hydroxylation is 2. The maximum Gasteiger partial charge on any atom is 0.407 e. The highest BCUT2D eigenvalue weighted by Crippen LogP contribution is 2.39. The van der Waals surface area contributed by atoms with Crippen molar-refractivity contribution in [2.24, 2.45) is 11.8 Å². The molecule has 4 heterocycles. The number of fused-ring (bicyclic) bond motifs is 4. The molecule has 7 rings (SSSR count). The minimum Gasteiger partial charge on any atom is -0.453 e. The minimum absolute atomic E-state index is 0.104. The Hall–Kier alpha value is -5.40. The molecule has 0 unspecified atom stereocenters. The van der Waals surface area contributed by atoms with Crippen molar-refractivity contribution in [3.05, 3.63) is 59.3 Å². The summed E-state index contributed by atoms with van der Waals surface area (Å²) < 4.78 is 9.58. The Bertz CT molecular complexity index is 2090. The van der Waals surface area contributed by atoms with Crippen LogP contribution in [0.2, 0.25) is 0 Å². The number of nitrogens with zero attached hydrogens (tertiary/aromatic N) is 4. The largest absolute Gasteiger partial charge is 0.453 e. The average Bonchev–Trinajstić information content (AvgIpc) is 3.99. The molecule has 2 aromatic carbocycles. The SMILES string of the molecule is COC(=O)N[C@H](C(=O)N1CCC[C@H]1c1nc2c([nH]1)CCCc1cc(-c3ccc4nc([C@@H]5CCCN5C(=O)[C@@H](NC(=O)OC)C(C)C)[nH]c4c3)ccc1-2)C(C)C. The van der Waals surface area contributed by atoms with Gasteiger partial charge in [0.05, 0.1) is 43.0 Å². The van der Waals surface area contributed by atoms with Gasteiger partial charge >= 0.3 is 12.2 Å². The van der Waals surface area contributed by atoms with E-state index in [0.29, 0.717) is 13.1 Å². The lowest BCUT2D eigenvalue weighted by atomic mass is 9.96. The van der Waals surface area contributed by atoms with Crippen LogP contribution in [-0.4, -0.2) is 93.1 Å². The van der Waals surface area contributed by atoms with Crippen molar-refractivity contribution < 1.29 is 28.7 Å². The second-order valence-electron chi connectivity index (χ2n) is 15.6. The average molecular weight is 753 g/mol. The Morgan fingerprint density at radius 3 is 1.87 bits per heavy atom. The normalized spacial score (nSPS) is 19.2. The van der Waals surface area contributed by atoms with E-state index in [2.05, 4.69) is 50.9 Å². The lowest BCUT2D eigenvalue weighted by Gasteiger charge is -2.30. The Kier molecular flexibility index (Phi) is 10.9. The van der Waals surface area contributed by atoms with Gasteiger partial charge < -0.3 is 39.9 Å². The number of amides is 4. The molecule has 14 nitrogen and oxygen atoms in total. The zero-order valence-corrected chi connectivity index (χ0v) is 32.5. The van der Waals surface area contributed by atoms with Gasteiger partial charge in [0.1, 0.15) is 23.7 Å². The highest BCUT2D eigenvalue weighted by Gasteiger charge is 2.39. The van der Waals surface area contributed by atoms with Gasteiger partial charge in [-0.25, -0.2) is 19.6 Å². The van der Waals surface area contributed by atoms with E-state index >= 15 is 0 Å². The van der Waals surface area contributed by atoms with Crippen molar-refractivity contribution in [1.29, 1.82) is 0 Å². The van der Waals surface area contributed by atoms with Gasteiger partial charge in [-0.05, 0) is 85.6 Å². The van der Waals surface area contributed by atoms with E-state index in [1.807, 2.05) is 43.6 Å². The summed E-state index contributed by atoms with van der Waals surface area (Å²) in [6.07, 6.45) is 4.77. The van der Waals surface area contributed by atoms with E-state index in [-0.39, 0.29) is 35.7 Å². The third kappa shape index (κ3) is 7.50. The first-order valence-electron chi connectivity index (χ1n) is 19.5. The van der Waals surface area contributed by atoms with Crippen LogP contribution in [0.1, 0.15) is 94.8 Å². The number of hydrogen-bond donors (Lipinski definition) is 4. The fourth-order valence-electron chi connectivity index (χ4n) is 8.41. The topological polar surface area (TPSA) is 175 Å². The first-order valence-corrected chi connectivity index (χ1v) is 19.5. The monoisotopic (exact) mass is 752 g/mol. The number of nitrogens with one attached hydrogen (secondary N) is 4. The molecule has 1 aliphatic carbocycles. The lowest BCUT2D eigenvalue weighted by molar-refractivity contribution is -0.136. The molecule has 0 bridgehead atoms. The molecule has 4 atom stereocenters. The van der Waals surface area contributed by atoms with Crippen LogP contribution in [0.5, 0.6) is 0 Å². The highest BCUT2D eigenvalue weighted by molar-refractivity contribution is 5.88. The first-order chi connectivity index (χ1) is 26.5. The molecule has 2 saturated heterocycles. The number of carbonyl (C=O) groups excluding carboxylic acids is 4. The van der Waals surface area contributed by atoms with Crippen molar-refractivity contribution in [3.8, 4) is 22.4 Å². The van der Waals surface area contributed by atoms with Crippen molar-refractivity contribution in [1.82, 2.24) is 40.4 Å². The van der Waals surface area contributed by atoms with Crippen molar-refractivity contribution in [2.45, 2.75) is 96.8 Å². The van der Waals surface area contributed by atoms with Crippen LogP contribution in [0.4, 0.5) is 9.59 Å². The van der Waals surface area contributed by atoms with Crippen LogP contribution in [0, 0.1) is 11.8 Å². The summed E-state index contributed by atoms with van der Waals surface area (Å²) in [4.78, 5) is 72.4. The number of ether oxygens (including phenoxy) is 2. The van der Waals surface area contributed by atoms with E-state index in [1.54, 1.807) is 0 Å². The molecule has 4 amide bonds. The summed E-state index contributed by atoms with van der Waals surface area (Å²) in [5.74, 6) is 1.06. The summed E-state index contributed by atoms with van der Waals surface area (Å²) in [5, 5.41) is 5.44. The summed E-state index contributed by atoms with van der Waals surface area (Å²) in [7, 11) is 2.60. The van der Waals surface area contributed by atoms with Gasteiger partial charge in [0.25, 0.3) is 0 Å². The number of rotatable bonds is 9. The van der Waals surface area contributed by atoms with Gasteiger partial charge in [-0.3, -0.25) is 9.59 Å². The van der Waals surface area contributed by atoms with Crippen LogP contribution in [0.3, 0.4) is 0 Å². The lowest BCUT2D eigenvalue weighted by Crippen LogP contribution is -2.51. The van der Waals surface area contributed by atoms with E-state index in [0.717, 1.165) is 95.7 Å². The van der Waals surface area contributed by atoms with Gasteiger partial charge in [-0.1, -0.05) is 52.0 Å². The molecule has 0 saturated carbocycles. The molecule has 14 heteroatoms. The fourth-order valence-corrected chi connectivity index (χ4v) is 8.41. The van der Waals surface area contributed by atoms with Crippen molar-refractivity contribution in [3.63, 3.8) is 0 Å². The number of hydrogen-bond acceptors (Lipinski definition) is 8. The molecule has 292 valence electrons. The predicted octanol–water partition coefficient (Wildman–Crippen LogP) is 6.20. The summed E-state index contributed by atoms with van der Waals surface area (Å²) in [6.45, 7) is 8.85. The number of benzene rings is 2. The van der Waals surface area contributed by atoms with Crippen LogP contribution in [0.25, 0.3) is 33.4 Å². The number of aromatic amines is 2. The molecule has 0 spiro atoms. The highest BCUT2D eigenvalue weighted by atomic mass is 16.5. The molecule has 2 fully saturated rings. The Morgan fingerprint density at radius 2 is 1.29 bits per heavy atom. The number of imidazole rings is 2. The van der Waals surface area contributed by atoms with Gasteiger partial charge in [-0.2, -0.15) is 0 Å². The van der Waals surface area contributed by atoms with Gasteiger partial charge in [-0.15, -0.1) is 0 Å². The molecule has 55 heavy (non-hydrogen) atoms. The molecule has 2 aliphatic heterocycles. The molecule has 3 aliphatic rings. The molecule has 0 radical (unpaired) electrons. The number of methoxy groups -OCH3 is 2. The predicted molar refractivity (Wildman–Crippen MR) is 207 cm³/mol. The number of carbonyl (C=O) groups is 4. The molecule has 4 N–H and O–H groups in total. The molecule has 4 aromatic rings. The van der Waals surface area contributed by atoms with Crippen LogP contribution < -0.4 is 10.6 Å². The van der Waals surface area contributed by atoms with Crippen molar-refractivity contribution >= 4 is 35.0 Å². The van der Waals surface area contributed by atoms with Gasteiger partial charge in [0.2, 0.25) is 11.8 Å². The molecular weight excluding hydrogens is 701 g/mol. The zero-order valence-electron chi connectivity index (χ0n) is 32.5. The third-order valence-electron chi connectivity index (χ3n) is 11.3. The maximum atomic E-state index is 13.7. The van der Waals surface area contributed by atoms with Crippen LogP contribution >= 0.6 is 0 Å². The number of H-pyrrole nitrogens is 2. The first kappa shape index (κ1) is 37.9. The number of likely N-dealkylation sites (tertiary alicyclic amines) is 2. The number of aromatic nitrogens is 4. The standard InChI is InChI=1S/C41H52N8O6/c1-22(2)33(46-40(52)54-5)38(50)48-18-8-12-31(48)36-42-28-17-15-25(21-30(28)44-36)24-14-16-27-26(20-24)10-7-11-29-35(27)45-37(43-29)32-13-9-19-49(32)39(51)34(23(3)4)47-41(53)55-6/h14-17,20-23,31-34H,7-13,18-19H2,1-6H3,(H,42,44)(H,43,45)(H,46,52)(H,47,53)/t31-,32-,33-,34-/m0/s1. The molecular formula is C41H52N8O6. The van der Waals surface area contributed by atoms with Gasteiger partial charge in [0.15, 0.2) is 0 Å². The Morgan fingerprint density at radius 1 is 0.727 bits per heavy atom. The Balaban J connectivity index is 1.12. The van der Waals surface area contributed by atoms with E-state index < -0.39 is 24.3 Å². The quantitative estimate of drug-likeness (QED) is 0.156. The minimum atomic E-state index is -0.692. The fraction of sp³-hybridized carbons (Fsp3) is 0.512. The third-order valence-corrected chi connectivity index (χ3v) is 11.3. The molecule has 2 aromatic heterocycles. The Labute approximate surface area is 321 Å². The summed E-state index contributed by atoms with van der Waals surface area (Å²) >= 11 is 0. The van der Waals surface area contributed by atoms with E-state index in [9.17, 15) is 19.2 Å². The van der Waals surface area contributed by atoms with E-state index in [4.69, 9.17) is 19.4 Å². The summed E-state index contributed by atoms with van der Waals surface area (Å²) in [6, 6.07) is 11.0. The maximum absolute atomic E-state index is 13.7. The van der Waals surface area contributed by atoms with Crippen LogP contribution in [-0.2, 0) is 31.9 Å². The summed E-state index contributed by atoms with van der Waals surface area (Å²) in [5.41, 5.74) is 8.21. The second-order valence-corrected chi connectivity index (χ2v) is 15.6. The van der Waals surface area contributed by atoms with Crippen LogP contribution in [0.15, 0.2) is 36.4 Å². The second kappa shape index (κ2) is 15.8. The smallest absolute Gasteiger partial charge is 0.407 e. The zero-order chi connectivity index (χ0) is 39.0. The van der Waals surface area contributed by atoms with E-state index in [1.165, 1.54) is 19.8 Å². The van der Waals surface area contributed by atoms with Crippen molar-refractivity contribution in [2.75, 3.05) is 27.3 Å². The van der Waals surface area contributed by atoms with Gasteiger partial charge in [0, 0.05) is 24.3 Å².